The van der Waals surface area contributed by atoms with E-state index in [1.54, 1.807) is 0 Å². The monoisotopic (exact) mass is 298 g/mol. The van der Waals surface area contributed by atoms with Crippen molar-refractivity contribution in [2.75, 3.05) is 20.1 Å². The summed E-state index contributed by atoms with van der Waals surface area (Å²) in [5, 5.41) is 5.92. The van der Waals surface area contributed by atoms with Crippen molar-refractivity contribution < 1.29 is 4.79 Å². The fraction of sp³-hybridized carbons (Fsp3) is 0.562. The van der Waals surface area contributed by atoms with Gasteiger partial charge in [-0.2, -0.15) is 0 Å². The minimum Gasteiger partial charge on any atom is -0.355 e. The van der Waals surface area contributed by atoms with Gasteiger partial charge in [-0.3, -0.25) is 4.79 Å². The Morgan fingerprint density at radius 3 is 2.10 bits per heavy atom. The molecule has 1 aromatic carbocycles. The van der Waals surface area contributed by atoms with E-state index in [0.717, 1.165) is 6.54 Å². The third kappa shape index (κ3) is 6.40. The van der Waals surface area contributed by atoms with Gasteiger partial charge in [0, 0.05) is 19.5 Å². The molecule has 0 bridgehead atoms. The van der Waals surface area contributed by atoms with Crippen molar-refractivity contribution in [2.24, 2.45) is 0 Å². The van der Waals surface area contributed by atoms with Crippen molar-refractivity contribution in [3.63, 3.8) is 0 Å². The fourth-order valence-electron chi connectivity index (χ4n) is 2.00. The van der Waals surface area contributed by atoms with Crippen molar-refractivity contribution in [1.29, 1.82) is 0 Å². The summed E-state index contributed by atoms with van der Waals surface area (Å²) in [6.45, 7) is 7.97. The molecule has 0 aliphatic carbocycles. The SMILES string of the molecule is CNCCNC(=O)CC(C)c1ccc(C(C)C)cc1.Cl. The zero-order chi connectivity index (χ0) is 14.3. The first-order chi connectivity index (χ1) is 9.04. The molecule has 1 atom stereocenters. The van der Waals surface area contributed by atoms with Crippen molar-refractivity contribution in [2.45, 2.75) is 39.0 Å². The highest BCUT2D eigenvalue weighted by Gasteiger charge is 2.11. The van der Waals surface area contributed by atoms with E-state index in [4.69, 9.17) is 0 Å². The van der Waals surface area contributed by atoms with Gasteiger partial charge in [0.2, 0.25) is 5.91 Å². The Kier molecular flexibility index (Phi) is 9.26. The Morgan fingerprint density at radius 2 is 1.60 bits per heavy atom. The van der Waals surface area contributed by atoms with E-state index in [2.05, 4.69) is 55.7 Å². The van der Waals surface area contributed by atoms with Crippen LogP contribution in [0.15, 0.2) is 24.3 Å². The van der Waals surface area contributed by atoms with Gasteiger partial charge < -0.3 is 10.6 Å². The van der Waals surface area contributed by atoms with Gasteiger partial charge in [0.1, 0.15) is 0 Å². The smallest absolute Gasteiger partial charge is 0.220 e. The van der Waals surface area contributed by atoms with E-state index in [-0.39, 0.29) is 24.2 Å². The molecule has 1 amide bonds. The van der Waals surface area contributed by atoms with Crippen LogP contribution in [-0.2, 0) is 4.79 Å². The van der Waals surface area contributed by atoms with Crippen molar-refractivity contribution in [3.8, 4) is 0 Å². The summed E-state index contributed by atoms with van der Waals surface area (Å²) >= 11 is 0. The number of carbonyl (C=O) groups excluding carboxylic acids is 1. The van der Waals surface area contributed by atoms with Crippen LogP contribution in [-0.4, -0.2) is 26.0 Å². The Morgan fingerprint density at radius 1 is 1.05 bits per heavy atom. The molecule has 20 heavy (non-hydrogen) atoms. The van der Waals surface area contributed by atoms with Crippen LogP contribution in [0, 0.1) is 0 Å². The molecule has 0 aromatic heterocycles. The highest BCUT2D eigenvalue weighted by Crippen LogP contribution is 2.22. The molecule has 0 heterocycles. The molecule has 0 saturated heterocycles. The highest BCUT2D eigenvalue weighted by molar-refractivity contribution is 5.85. The maximum Gasteiger partial charge on any atom is 0.220 e. The molecule has 0 aliphatic rings. The van der Waals surface area contributed by atoms with Gasteiger partial charge in [-0.05, 0) is 30.0 Å². The molecule has 0 spiro atoms. The highest BCUT2D eigenvalue weighted by atomic mass is 35.5. The molecule has 114 valence electrons. The largest absolute Gasteiger partial charge is 0.355 e. The van der Waals surface area contributed by atoms with Crippen LogP contribution < -0.4 is 10.6 Å². The van der Waals surface area contributed by atoms with Crippen molar-refractivity contribution >= 4 is 18.3 Å². The van der Waals surface area contributed by atoms with Gasteiger partial charge in [-0.1, -0.05) is 45.0 Å². The molecule has 2 N–H and O–H groups in total. The number of amides is 1. The maximum atomic E-state index is 11.7. The summed E-state index contributed by atoms with van der Waals surface area (Å²) < 4.78 is 0. The third-order valence-corrected chi connectivity index (χ3v) is 3.36. The lowest BCUT2D eigenvalue weighted by molar-refractivity contribution is -0.121. The molecule has 3 nitrogen and oxygen atoms in total. The van der Waals surface area contributed by atoms with E-state index in [1.807, 2.05) is 7.05 Å². The summed E-state index contributed by atoms with van der Waals surface area (Å²) in [7, 11) is 1.88. The molecule has 0 aliphatic heterocycles. The van der Waals surface area contributed by atoms with E-state index in [1.165, 1.54) is 11.1 Å². The van der Waals surface area contributed by atoms with Gasteiger partial charge in [0.25, 0.3) is 0 Å². The van der Waals surface area contributed by atoms with Gasteiger partial charge >= 0.3 is 0 Å². The van der Waals surface area contributed by atoms with Crippen molar-refractivity contribution in [3.05, 3.63) is 35.4 Å². The Bertz CT molecular complexity index is 390. The number of hydrogen-bond donors (Lipinski definition) is 2. The zero-order valence-electron chi connectivity index (χ0n) is 12.9. The standard InChI is InChI=1S/C16H26N2O.ClH/c1-12(2)14-5-7-15(8-6-14)13(3)11-16(19)18-10-9-17-4;/h5-8,12-13,17H,9-11H2,1-4H3,(H,18,19);1H. The van der Waals surface area contributed by atoms with Crippen LogP contribution in [0.1, 0.15) is 50.2 Å². The first-order valence-electron chi connectivity index (χ1n) is 7.05. The molecular weight excluding hydrogens is 272 g/mol. The van der Waals surface area contributed by atoms with Crippen LogP contribution in [0.4, 0.5) is 0 Å². The second-order valence-corrected chi connectivity index (χ2v) is 5.38. The minimum absolute atomic E-state index is 0. The van der Waals surface area contributed by atoms with Crippen molar-refractivity contribution in [1.82, 2.24) is 10.6 Å². The topological polar surface area (TPSA) is 41.1 Å². The average Bonchev–Trinajstić information content (AvgIpc) is 2.39. The Hall–Kier alpha value is -1.06. The van der Waals surface area contributed by atoms with Gasteiger partial charge in [-0.25, -0.2) is 0 Å². The first kappa shape index (κ1) is 18.9. The predicted octanol–water partition coefficient (Wildman–Crippen LogP) is 3.06. The van der Waals surface area contributed by atoms with Crippen LogP contribution in [0.2, 0.25) is 0 Å². The molecule has 1 rings (SSSR count). The Balaban J connectivity index is 0.00000361. The lowest BCUT2D eigenvalue weighted by Gasteiger charge is -2.13. The summed E-state index contributed by atoms with van der Waals surface area (Å²) in [6.07, 6.45) is 0.546. The summed E-state index contributed by atoms with van der Waals surface area (Å²) in [5.74, 6) is 0.931. The molecule has 4 heteroatoms. The van der Waals surface area contributed by atoms with E-state index < -0.39 is 0 Å². The number of rotatable bonds is 7. The lowest BCUT2D eigenvalue weighted by Crippen LogP contribution is -2.31. The molecule has 0 fully saturated rings. The van der Waals surface area contributed by atoms with E-state index in [0.29, 0.717) is 18.9 Å². The third-order valence-electron chi connectivity index (χ3n) is 3.36. The van der Waals surface area contributed by atoms with Crippen LogP contribution >= 0.6 is 12.4 Å². The zero-order valence-corrected chi connectivity index (χ0v) is 13.7. The lowest BCUT2D eigenvalue weighted by atomic mass is 9.94. The van der Waals surface area contributed by atoms with Gasteiger partial charge in [-0.15, -0.1) is 12.4 Å². The fourth-order valence-corrected chi connectivity index (χ4v) is 2.00. The summed E-state index contributed by atoms with van der Waals surface area (Å²) in [5.41, 5.74) is 2.57. The van der Waals surface area contributed by atoms with Crippen LogP contribution in [0.3, 0.4) is 0 Å². The second-order valence-electron chi connectivity index (χ2n) is 5.38. The maximum absolute atomic E-state index is 11.7. The molecule has 1 unspecified atom stereocenters. The molecule has 0 radical (unpaired) electrons. The number of hydrogen-bond acceptors (Lipinski definition) is 2. The summed E-state index contributed by atoms with van der Waals surface area (Å²) in [6, 6.07) is 8.60. The number of likely N-dealkylation sites (N-methyl/N-ethyl adjacent to an activating group) is 1. The van der Waals surface area contributed by atoms with Crippen LogP contribution in [0.5, 0.6) is 0 Å². The number of nitrogens with one attached hydrogen (secondary N) is 2. The number of benzene rings is 1. The normalized spacial score (nSPS) is 11.8. The predicted molar refractivity (Wildman–Crippen MR) is 87.7 cm³/mol. The number of carbonyl (C=O) groups is 1. The van der Waals surface area contributed by atoms with Gasteiger partial charge in [0.15, 0.2) is 0 Å². The quantitative estimate of drug-likeness (QED) is 0.760. The first-order valence-corrected chi connectivity index (χ1v) is 7.05. The molecule has 1 aromatic rings. The molecular formula is C16H27ClN2O. The Labute approximate surface area is 128 Å². The van der Waals surface area contributed by atoms with E-state index in [9.17, 15) is 4.79 Å². The minimum atomic E-state index is 0. The van der Waals surface area contributed by atoms with E-state index >= 15 is 0 Å². The second kappa shape index (κ2) is 9.78. The number of halogens is 1. The average molecular weight is 299 g/mol. The van der Waals surface area contributed by atoms with Crippen LogP contribution in [0.25, 0.3) is 0 Å². The van der Waals surface area contributed by atoms with Gasteiger partial charge in [0.05, 0.1) is 0 Å². The molecule has 0 saturated carbocycles. The summed E-state index contributed by atoms with van der Waals surface area (Å²) in [4.78, 5) is 11.7.